The highest BCUT2D eigenvalue weighted by molar-refractivity contribution is 7.99. The van der Waals surface area contributed by atoms with Crippen molar-refractivity contribution in [3.05, 3.63) is 131 Å². The lowest BCUT2D eigenvalue weighted by atomic mass is 9.98. The van der Waals surface area contributed by atoms with E-state index in [9.17, 15) is 24.3 Å². The van der Waals surface area contributed by atoms with Gasteiger partial charge in [0.25, 0.3) is 5.91 Å². The molecule has 4 aromatic rings. The molecule has 0 unspecified atom stereocenters. The molecule has 1 fully saturated rings. The number of ether oxygens (including phenoxy) is 3. The van der Waals surface area contributed by atoms with E-state index in [4.69, 9.17) is 14.2 Å². The summed E-state index contributed by atoms with van der Waals surface area (Å²) in [4.78, 5) is 55.7. The third-order valence-corrected chi connectivity index (χ3v) is 11.7. The van der Waals surface area contributed by atoms with Crippen molar-refractivity contribution >= 4 is 35.6 Å². The van der Waals surface area contributed by atoms with Gasteiger partial charge in [-0.05, 0) is 67.0 Å². The molecule has 0 saturated carbocycles. The van der Waals surface area contributed by atoms with Gasteiger partial charge in [0.15, 0.2) is 12.1 Å². The molecule has 4 aromatic carbocycles. The molecule has 3 amide bonds. The van der Waals surface area contributed by atoms with Gasteiger partial charge >= 0.3 is 12.1 Å². The molecule has 12 heteroatoms. The molecule has 11 nitrogen and oxygen atoms in total. The van der Waals surface area contributed by atoms with E-state index >= 15 is 0 Å². The van der Waals surface area contributed by atoms with E-state index in [1.54, 1.807) is 0 Å². The highest BCUT2D eigenvalue weighted by atomic mass is 32.2. The van der Waals surface area contributed by atoms with Crippen LogP contribution in [0.5, 0.6) is 0 Å². The molecule has 0 spiro atoms. The number of benzene rings is 4. The van der Waals surface area contributed by atoms with Gasteiger partial charge < -0.3 is 30.0 Å². The van der Waals surface area contributed by atoms with Crippen LogP contribution < -0.4 is 10.6 Å². The number of aliphatic hydroxyl groups is 1. The number of likely N-dealkylation sites (tertiary alicyclic amines) is 1. The quantitative estimate of drug-likeness (QED) is 0.119. The second-order valence-electron chi connectivity index (χ2n) is 15.3. The molecule has 6 rings (SSSR count). The summed E-state index contributed by atoms with van der Waals surface area (Å²) in [6.07, 6.45) is -1.43. The molecule has 2 aliphatic rings. The van der Waals surface area contributed by atoms with Crippen molar-refractivity contribution in [1.29, 1.82) is 0 Å². The van der Waals surface area contributed by atoms with E-state index in [1.807, 2.05) is 118 Å². The molecule has 1 aliphatic carbocycles. The number of methoxy groups -OCH3 is 1. The fourth-order valence-electron chi connectivity index (χ4n) is 7.35. The topological polar surface area (TPSA) is 144 Å². The number of rotatable bonds is 15. The van der Waals surface area contributed by atoms with Crippen molar-refractivity contribution in [2.45, 2.75) is 74.6 Å². The molecule has 57 heavy (non-hydrogen) atoms. The minimum Gasteiger partial charge on any atom is -0.467 e. The number of hydrogen-bond acceptors (Lipinski definition) is 9. The highest BCUT2D eigenvalue weighted by Crippen LogP contribution is 2.44. The van der Waals surface area contributed by atoms with E-state index in [0.29, 0.717) is 19.4 Å². The summed E-state index contributed by atoms with van der Waals surface area (Å²) in [6.45, 7) is 5.66. The molecular weight excluding hydrogens is 743 g/mol. The van der Waals surface area contributed by atoms with Crippen molar-refractivity contribution in [2.75, 3.05) is 32.6 Å². The Labute approximate surface area is 338 Å². The largest absolute Gasteiger partial charge is 0.467 e. The van der Waals surface area contributed by atoms with Gasteiger partial charge in [-0.2, -0.15) is 0 Å². The lowest BCUT2D eigenvalue weighted by Crippen LogP contribution is -2.58. The minimum atomic E-state index is -1.78. The van der Waals surface area contributed by atoms with Gasteiger partial charge in [-0.1, -0.05) is 109 Å². The van der Waals surface area contributed by atoms with Crippen LogP contribution in [-0.4, -0.2) is 96.3 Å². The second-order valence-corrected chi connectivity index (χ2v) is 16.4. The fourth-order valence-corrected chi connectivity index (χ4v) is 8.71. The van der Waals surface area contributed by atoms with E-state index in [-0.39, 0.29) is 30.1 Å². The number of carbonyl (C=O) groups excluding carboxylic acids is 4. The molecule has 1 heterocycles. The van der Waals surface area contributed by atoms with Crippen LogP contribution >= 0.6 is 11.8 Å². The molecule has 0 bridgehead atoms. The smallest absolute Gasteiger partial charge is 0.410 e. The Morgan fingerprint density at radius 1 is 0.825 bits per heavy atom. The molecule has 300 valence electrons. The Kier molecular flexibility index (Phi) is 13.7. The van der Waals surface area contributed by atoms with E-state index < -0.39 is 53.7 Å². The van der Waals surface area contributed by atoms with Crippen LogP contribution in [0, 0.1) is 0 Å². The highest BCUT2D eigenvalue weighted by Gasteiger charge is 2.40. The van der Waals surface area contributed by atoms with Gasteiger partial charge in [-0.25, -0.2) is 9.59 Å². The Morgan fingerprint density at radius 3 is 1.95 bits per heavy atom. The average Bonchev–Trinajstić information content (AvgIpc) is 3.85. The standard InChI is InChI=1S/C45H51N3O8S/c1-45(2,3)56-27-36(43(52)54-4)46-42(51)39(49)37(28-57-40(29-16-7-5-8-17-29)30-18-9-6-10-19-30)47-41(50)38-24-15-25-48(38)44(53)55-26-35-33-22-13-11-20-31(33)32-21-12-14-23-34(32)35/h5-14,16-23,35-40,49H,15,24-28H2,1-4H3,(H,46,51)(H,47,50)/t36-,37-,38-,39+/m0/s1. The third kappa shape index (κ3) is 10.2. The molecule has 1 aliphatic heterocycles. The van der Waals surface area contributed by atoms with Gasteiger partial charge in [0, 0.05) is 18.2 Å². The summed E-state index contributed by atoms with van der Waals surface area (Å²) >= 11 is 1.45. The van der Waals surface area contributed by atoms with Crippen molar-refractivity contribution in [1.82, 2.24) is 15.5 Å². The average molecular weight is 794 g/mol. The van der Waals surface area contributed by atoms with Gasteiger partial charge in [-0.3, -0.25) is 14.5 Å². The normalized spacial score (nSPS) is 16.6. The van der Waals surface area contributed by atoms with Crippen LogP contribution in [0.3, 0.4) is 0 Å². The number of fused-ring (bicyclic) bond motifs is 3. The van der Waals surface area contributed by atoms with Crippen molar-refractivity contribution in [3.63, 3.8) is 0 Å². The van der Waals surface area contributed by atoms with Crippen LogP contribution in [-0.2, 0) is 28.6 Å². The van der Waals surface area contributed by atoms with E-state index in [2.05, 4.69) is 22.8 Å². The maximum absolute atomic E-state index is 14.2. The predicted molar refractivity (Wildman–Crippen MR) is 220 cm³/mol. The fraction of sp³-hybridized carbons (Fsp3) is 0.378. The number of carbonyl (C=O) groups is 4. The lowest BCUT2D eigenvalue weighted by Gasteiger charge is -2.30. The minimum absolute atomic E-state index is 0.105. The first-order chi connectivity index (χ1) is 27.4. The van der Waals surface area contributed by atoms with Crippen LogP contribution in [0.1, 0.15) is 67.0 Å². The number of hydrogen-bond donors (Lipinski definition) is 3. The zero-order chi connectivity index (χ0) is 40.5. The summed E-state index contributed by atoms with van der Waals surface area (Å²) < 4.78 is 16.6. The molecule has 4 atom stereocenters. The second kappa shape index (κ2) is 18.8. The SMILES string of the molecule is COC(=O)[C@H](COC(C)(C)C)NC(=O)[C@H](O)[C@H](CSC(c1ccccc1)c1ccccc1)NC(=O)[C@@H]1CCCN1C(=O)OCC1c2ccccc2-c2ccccc21. The van der Waals surface area contributed by atoms with E-state index in [1.165, 1.54) is 23.8 Å². The Hall–Kier alpha value is -5.17. The van der Waals surface area contributed by atoms with Gasteiger partial charge in [-0.15, -0.1) is 11.8 Å². The van der Waals surface area contributed by atoms with Crippen LogP contribution in [0.2, 0.25) is 0 Å². The summed E-state index contributed by atoms with van der Waals surface area (Å²) in [7, 11) is 1.20. The number of thioether (sulfide) groups is 1. The van der Waals surface area contributed by atoms with Gasteiger partial charge in [0.2, 0.25) is 5.91 Å². The first-order valence-electron chi connectivity index (χ1n) is 19.3. The zero-order valence-corrected chi connectivity index (χ0v) is 33.6. The third-order valence-electron chi connectivity index (χ3n) is 10.2. The van der Waals surface area contributed by atoms with Gasteiger partial charge in [0.1, 0.15) is 12.6 Å². The maximum Gasteiger partial charge on any atom is 0.410 e. The molecule has 0 radical (unpaired) electrons. The maximum atomic E-state index is 14.2. The summed E-state index contributed by atoms with van der Waals surface area (Å²) in [5, 5.41) is 16.9. The Morgan fingerprint density at radius 2 is 1.39 bits per heavy atom. The van der Waals surface area contributed by atoms with Crippen LogP contribution in [0.4, 0.5) is 4.79 Å². The Bertz CT molecular complexity index is 1920. The van der Waals surface area contributed by atoms with Crippen LogP contribution in [0.15, 0.2) is 109 Å². The number of aliphatic hydroxyl groups excluding tert-OH is 1. The van der Waals surface area contributed by atoms with Crippen molar-refractivity contribution in [3.8, 4) is 11.1 Å². The van der Waals surface area contributed by atoms with Crippen LogP contribution in [0.25, 0.3) is 11.1 Å². The molecular formula is C45H51N3O8S. The summed E-state index contributed by atoms with van der Waals surface area (Å²) in [5.74, 6) is -2.18. The summed E-state index contributed by atoms with van der Waals surface area (Å²) in [5.41, 5.74) is 5.77. The van der Waals surface area contributed by atoms with E-state index in [0.717, 1.165) is 33.4 Å². The molecule has 1 saturated heterocycles. The lowest BCUT2D eigenvalue weighted by molar-refractivity contribution is -0.150. The van der Waals surface area contributed by atoms with Crippen molar-refractivity contribution in [2.24, 2.45) is 0 Å². The number of esters is 1. The monoisotopic (exact) mass is 793 g/mol. The number of nitrogens with one attached hydrogen (secondary N) is 2. The summed E-state index contributed by atoms with van der Waals surface area (Å²) in [6, 6.07) is 32.6. The molecule has 3 N–H and O–H groups in total. The number of amides is 3. The van der Waals surface area contributed by atoms with Gasteiger partial charge in [0.05, 0.1) is 30.6 Å². The molecule has 0 aromatic heterocycles. The zero-order valence-electron chi connectivity index (χ0n) is 32.8. The van der Waals surface area contributed by atoms with Crippen molar-refractivity contribution < 1.29 is 38.5 Å². The predicted octanol–water partition coefficient (Wildman–Crippen LogP) is 6.24. The first kappa shape index (κ1) is 41.5. The Balaban J connectivity index is 1.19. The first-order valence-corrected chi connectivity index (χ1v) is 20.3. The number of nitrogens with zero attached hydrogens (tertiary/aromatic N) is 1.